The Kier molecular flexibility index (Phi) is 3.50. The van der Waals surface area contributed by atoms with E-state index in [0.717, 1.165) is 44.8 Å². The molecule has 27 heavy (non-hydrogen) atoms. The maximum absolute atomic E-state index is 9.67. The predicted octanol–water partition coefficient (Wildman–Crippen LogP) is 4.92. The maximum atomic E-state index is 9.67. The van der Waals surface area contributed by atoms with Crippen molar-refractivity contribution in [1.82, 2.24) is 9.55 Å². The van der Waals surface area contributed by atoms with Crippen LogP contribution in [0.2, 0.25) is 0 Å². The molecular weight excluding hydrogens is 336 g/mol. The molecule has 0 unspecified atom stereocenters. The zero-order valence-corrected chi connectivity index (χ0v) is 14.9. The fraction of sp³-hybridized carbons (Fsp3) is 0.0870. The first kappa shape index (κ1) is 15.7. The third kappa shape index (κ3) is 2.66. The number of fused-ring (bicyclic) bond motifs is 2. The minimum absolute atomic E-state index is 0.218. The fourth-order valence-electron chi connectivity index (χ4n) is 3.71. The zero-order chi connectivity index (χ0) is 18.4. The van der Waals surface area contributed by atoms with Gasteiger partial charge in [0.15, 0.2) is 0 Å². The van der Waals surface area contributed by atoms with Crippen molar-refractivity contribution in [3.8, 4) is 22.6 Å². The minimum Gasteiger partial charge on any atom is -0.508 e. The Balaban J connectivity index is 1.65. The van der Waals surface area contributed by atoms with Crippen molar-refractivity contribution in [2.75, 3.05) is 0 Å². The Morgan fingerprint density at radius 1 is 1.11 bits per heavy atom. The molecule has 0 atom stereocenters. The van der Waals surface area contributed by atoms with E-state index < -0.39 is 0 Å². The van der Waals surface area contributed by atoms with E-state index in [-0.39, 0.29) is 5.75 Å². The van der Waals surface area contributed by atoms with Gasteiger partial charge in [0.1, 0.15) is 22.9 Å². The van der Waals surface area contributed by atoms with Gasteiger partial charge in [0.05, 0.1) is 0 Å². The number of phenols is 1. The van der Waals surface area contributed by atoms with E-state index in [0.29, 0.717) is 6.42 Å². The summed E-state index contributed by atoms with van der Waals surface area (Å²) in [6.45, 7) is 0. The summed E-state index contributed by atoms with van der Waals surface area (Å²) in [5.41, 5.74) is 5.42. The normalized spacial score (nSPS) is 14.5. The Morgan fingerprint density at radius 2 is 1.96 bits per heavy atom. The molecule has 1 N–H and O–H groups in total. The van der Waals surface area contributed by atoms with Crippen molar-refractivity contribution in [3.05, 3.63) is 83.9 Å². The molecule has 0 bridgehead atoms. The van der Waals surface area contributed by atoms with Gasteiger partial charge in [-0.05, 0) is 29.3 Å². The summed E-state index contributed by atoms with van der Waals surface area (Å²) in [5.74, 6) is 1.81. The van der Waals surface area contributed by atoms with E-state index in [1.54, 1.807) is 12.1 Å². The second-order valence-electron chi connectivity index (χ2n) is 6.80. The molecule has 0 spiro atoms. The lowest BCUT2D eigenvalue weighted by molar-refractivity contribution is 0.440. The third-order valence-corrected chi connectivity index (χ3v) is 4.94. The smallest absolute Gasteiger partial charge is 0.140 e. The molecule has 0 aliphatic carbocycles. The number of ether oxygens (including phenoxy) is 1. The SMILES string of the molecule is Cn1cc(C=C2Cc3ccc(O)cc3O2)c2c(-c3ccccc3)ccnc21. The van der Waals surface area contributed by atoms with E-state index >= 15 is 0 Å². The van der Waals surface area contributed by atoms with Crippen molar-refractivity contribution in [2.24, 2.45) is 7.05 Å². The average Bonchev–Trinajstić information content (AvgIpc) is 3.23. The van der Waals surface area contributed by atoms with Crippen LogP contribution in [0, 0.1) is 0 Å². The predicted molar refractivity (Wildman–Crippen MR) is 107 cm³/mol. The molecule has 4 aromatic rings. The topological polar surface area (TPSA) is 47.3 Å². The highest BCUT2D eigenvalue weighted by Crippen LogP contribution is 2.37. The summed E-state index contributed by atoms with van der Waals surface area (Å²) in [6, 6.07) is 17.7. The number of aromatic nitrogens is 2. The van der Waals surface area contributed by atoms with Crippen LogP contribution < -0.4 is 4.74 Å². The van der Waals surface area contributed by atoms with Crippen LogP contribution in [0.4, 0.5) is 0 Å². The van der Waals surface area contributed by atoms with Crippen molar-refractivity contribution < 1.29 is 9.84 Å². The number of rotatable bonds is 2. The monoisotopic (exact) mass is 354 g/mol. The van der Waals surface area contributed by atoms with Crippen LogP contribution in [0.15, 0.2) is 72.8 Å². The summed E-state index contributed by atoms with van der Waals surface area (Å²) in [6.07, 6.45) is 6.73. The second kappa shape index (κ2) is 6.02. The summed E-state index contributed by atoms with van der Waals surface area (Å²) >= 11 is 0. The van der Waals surface area contributed by atoms with Gasteiger partial charge in [-0.15, -0.1) is 0 Å². The van der Waals surface area contributed by atoms with Gasteiger partial charge in [-0.3, -0.25) is 0 Å². The molecular formula is C23H18N2O2. The van der Waals surface area contributed by atoms with Crippen LogP contribution in [0.1, 0.15) is 11.1 Å². The van der Waals surface area contributed by atoms with Crippen LogP contribution in [0.5, 0.6) is 11.5 Å². The van der Waals surface area contributed by atoms with Crippen molar-refractivity contribution in [2.45, 2.75) is 6.42 Å². The summed E-state index contributed by atoms with van der Waals surface area (Å²) in [4.78, 5) is 4.57. The lowest BCUT2D eigenvalue weighted by Gasteiger charge is -2.05. The van der Waals surface area contributed by atoms with Crippen LogP contribution in [0.25, 0.3) is 28.2 Å². The van der Waals surface area contributed by atoms with Crippen molar-refractivity contribution in [1.29, 1.82) is 0 Å². The van der Waals surface area contributed by atoms with Gasteiger partial charge in [0.2, 0.25) is 0 Å². The Morgan fingerprint density at radius 3 is 2.81 bits per heavy atom. The highest BCUT2D eigenvalue weighted by molar-refractivity contribution is 5.99. The maximum Gasteiger partial charge on any atom is 0.140 e. The molecule has 1 aliphatic rings. The quantitative estimate of drug-likeness (QED) is 0.556. The summed E-state index contributed by atoms with van der Waals surface area (Å²) in [7, 11) is 2.01. The molecule has 0 amide bonds. The molecule has 0 saturated carbocycles. The number of aryl methyl sites for hydroxylation is 1. The molecule has 5 rings (SSSR count). The van der Waals surface area contributed by atoms with Gasteiger partial charge in [0.25, 0.3) is 0 Å². The number of allylic oxidation sites excluding steroid dienone is 1. The molecule has 1 aliphatic heterocycles. The van der Waals surface area contributed by atoms with Crippen LogP contribution >= 0.6 is 0 Å². The molecule has 2 aromatic heterocycles. The molecule has 0 radical (unpaired) electrons. The number of phenolic OH excluding ortho intramolecular Hbond substituents is 1. The lowest BCUT2D eigenvalue weighted by atomic mass is 10.0. The number of hydrogen-bond acceptors (Lipinski definition) is 3. The first-order chi connectivity index (χ1) is 13.2. The van der Waals surface area contributed by atoms with Crippen LogP contribution in [0.3, 0.4) is 0 Å². The van der Waals surface area contributed by atoms with Gasteiger partial charge in [0, 0.05) is 48.4 Å². The molecule has 2 aromatic carbocycles. The van der Waals surface area contributed by atoms with Gasteiger partial charge in [-0.1, -0.05) is 36.4 Å². The standard InChI is InChI=1S/C23H18N2O2/c1-25-14-17(12-19-11-16-7-8-18(26)13-21(16)27-19)22-20(9-10-24-23(22)25)15-5-3-2-4-6-15/h2-10,12-14,26H,11H2,1H3. The van der Waals surface area contributed by atoms with Gasteiger partial charge in [-0.25, -0.2) is 4.98 Å². The first-order valence-corrected chi connectivity index (χ1v) is 8.89. The van der Waals surface area contributed by atoms with Gasteiger partial charge in [-0.2, -0.15) is 0 Å². The molecule has 4 nitrogen and oxygen atoms in total. The average molecular weight is 354 g/mol. The van der Waals surface area contributed by atoms with Crippen LogP contribution in [-0.2, 0) is 13.5 Å². The van der Waals surface area contributed by atoms with Gasteiger partial charge >= 0.3 is 0 Å². The number of hydrogen-bond donors (Lipinski definition) is 1. The van der Waals surface area contributed by atoms with E-state index in [1.807, 2.05) is 42.1 Å². The Hall–Kier alpha value is -3.53. The number of nitrogens with zero attached hydrogens (tertiary/aromatic N) is 2. The highest BCUT2D eigenvalue weighted by Gasteiger charge is 2.19. The molecule has 0 saturated heterocycles. The molecule has 0 fully saturated rings. The third-order valence-electron chi connectivity index (χ3n) is 4.94. The Labute approximate surface area is 157 Å². The fourth-order valence-corrected chi connectivity index (χ4v) is 3.71. The highest BCUT2D eigenvalue weighted by atomic mass is 16.5. The second-order valence-corrected chi connectivity index (χ2v) is 6.80. The molecule has 3 heterocycles. The van der Waals surface area contributed by atoms with E-state index in [2.05, 4.69) is 35.5 Å². The van der Waals surface area contributed by atoms with E-state index in [9.17, 15) is 5.11 Å². The summed E-state index contributed by atoms with van der Waals surface area (Å²) < 4.78 is 8.01. The number of benzene rings is 2. The van der Waals surface area contributed by atoms with E-state index in [1.165, 1.54) is 0 Å². The lowest BCUT2D eigenvalue weighted by Crippen LogP contribution is -1.89. The number of aromatic hydroxyl groups is 1. The zero-order valence-electron chi connectivity index (χ0n) is 14.9. The van der Waals surface area contributed by atoms with Crippen LogP contribution in [-0.4, -0.2) is 14.7 Å². The van der Waals surface area contributed by atoms with Crippen molar-refractivity contribution >= 4 is 17.1 Å². The Bertz CT molecular complexity index is 1190. The molecule has 132 valence electrons. The first-order valence-electron chi connectivity index (χ1n) is 8.89. The van der Waals surface area contributed by atoms with E-state index in [4.69, 9.17) is 4.74 Å². The van der Waals surface area contributed by atoms with Gasteiger partial charge < -0.3 is 14.4 Å². The molecule has 4 heteroatoms. The largest absolute Gasteiger partial charge is 0.508 e. The van der Waals surface area contributed by atoms with Crippen molar-refractivity contribution in [3.63, 3.8) is 0 Å². The summed E-state index contributed by atoms with van der Waals surface area (Å²) in [5, 5.41) is 10.8. The minimum atomic E-state index is 0.218. The number of pyridine rings is 1.